The van der Waals surface area contributed by atoms with Crippen molar-refractivity contribution in [3.8, 4) is 5.75 Å². The van der Waals surface area contributed by atoms with E-state index in [2.05, 4.69) is 4.74 Å². The number of alkyl halides is 2. The van der Waals surface area contributed by atoms with Crippen LogP contribution in [0.25, 0.3) is 0 Å². The Hall–Kier alpha value is -1.65. The van der Waals surface area contributed by atoms with E-state index in [0.29, 0.717) is 17.0 Å². The fourth-order valence-corrected chi connectivity index (χ4v) is 2.35. The quantitative estimate of drug-likeness (QED) is 0.879. The van der Waals surface area contributed by atoms with Gasteiger partial charge in [-0.15, -0.1) is 0 Å². The van der Waals surface area contributed by atoms with Crippen LogP contribution in [0, 0.1) is 6.92 Å². The van der Waals surface area contributed by atoms with E-state index in [9.17, 15) is 13.9 Å². The van der Waals surface area contributed by atoms with E-state index in [1.165, 1.54) is 12.1 Å². The molecule has 0 spiro atoms. The molecule has 2 aromatic rings. The van der Waals surface area contributed by atoms with E-state index in [0.717, 1.165) is 11.1 Å². The molecule has 0 heterocycles. The predicted octanol–water partition coefficient (Wildman–Crippen LogP) is 4.53. The molecule has 1 atom stereocenters. The third kappa shape index (κ3) is 4.41. The molecule has 0 aromatic heterocycles. The van der Waals surface area contributed by atoms with Gasteiger partial charge in [-0.25, -0.2) is 0 Å². The predicted molar refractivity (Wildman–Crippen MR) is 77.9 cm³/mol. The second-order valence-electron chi connectivity index (χ2n) is 4.77. The van der Waals surface area contributed by atoms with E-state index >= 15 is 0 Å². The monoisotopic (exact) mass is 312 g/mol. The highest BCUT2D eigenvalue weighted by Gasteiger charge is 2.13. The van der Waals surface area contributed by atoms with Crippen LogP contribution >= 0.6 is 11.6 Å². The Morgan fingerprint density at radius 1 is 1.19 bits per heavy atom. The van der Waals surface area contributed by atoms with Gasteiger partial charge in [-0.1, -0.05) is 35.9 Å². The highest BCUT2D eigenvalue weighted by atomic mass is 35.5. The summed E-state index contributed by atoms with van der Waals surface area (Å²) in [4.78, 5) is 0. The summed E-state index contributed by atoms with van der Waals surface area (Å²) in [5, 5.41) is 10.8. The van der Waals surface area contributed by atoms with E-state index in [1.807, 2.05) is 25.1 Å². The van der Waals surface area contributed by atoms with E-state index in [-0.39, 0.29) is 5.75 Å². The molecule has 0 saturated carbocycles. The van der Waals surface area contributed by atoms with Gasteiger partial charge in [0, 0.05) is 11.4 Å². The largest absolute Gasteiger partial charge is 0.435 e. The van der Waals surface area contributed by atoms with Crippen molar-refractivity contribution >= 4 is 11.6 Å². The van der Waals surface area contributed by atoms with Crippen molar-refractivity contribution in [1.29, 1.82) is 0 Å². The second-order valence-corrected chi connectivity index (χ2v) is 5.17. The summed E-state index contributed by atoms with van der Waals surface area (Å²) in [6, 6.07) is 11.6. The molecule has 1 unspecified atom stereocenters. The zero-order valence-corrected chi connectivity index (χ0v) is 12.1. The molecule has 0 fully saturated rings. The SMILES string of the molecule is Cc1ccc(CC(O)c2cccc(OC(F)F)c2)c(Cl)c1. The van der Waals surface area contributed by atoms with Gasteiger partial charge < -0.3 is 9.84 Å². The molecule has 2 aromatic carbocycles. The van der Waals surface area contributed by atoms with Gasteiger partial charge in [0.2, 0.25) is 0 Å². The minimum atomic E-state index is -2.89. The highest BCUT2D eigenvalue weighted by Crippen LogP contribution is 2.26. The standard InChI is InChI=1S/C16H15ClF2O2/c1-10-5-6-11(14(17)7-10)9-15(20)12-3-2-4-13(8-12)21-16(18)19/h2-8,15-16,20H,9H2,1H3. The van der Waals surface area contributed by atoms with Crippen molar-refractivity contribution < 1.29 is 18.6 Å². The Bertz CT molecular complexity index is 617. The zero-order valence-electron chi connectivity index (χ0n) is 11.4. The van der Waals surface area contributed by atoms with Crippen molar-refractivity contribution in [2.24, 2.45) is 0 Å². The average molecular weight is 313 g/mol. The number of aliphatic hydroxyl groups excluding tert-OH is 1. The average Bonchev–Trinajstić information content (AvgIpc) is 2.41. The molecule has 0 radical (unpaired) electrons. The first-order valence-electron chi connectivity index (χ1n) is 6.43. The first-order chi connectivity index (χ1) is 9.95. The molecular weight excluding hydrogens is 298 g/mol. The number of rotatable bonds is 5. The summed E-state index contributed by atoms with van der Waals surface area (Å²) in [5.41, 5.74) is 2.34. The summed E-state index contributed by atoms with van der Waals surface area (Å²) in [6.45, 7) is -0.957. The van der Waals surface area contributed by atoms with Crippen molar-refractivity contribution in [3.63, 3.8) is 0 Å². The molecule has 0 aliphatic rings. The number of hydrogen-bond acceptors (Lipinski definition) is 2. The van der Waals surface area contributed by atoms with Crippen LogP contribution in [-0.2, 0) is 6.42 Å². The molecule has 0 saturated heterocycles. The van der Waals surface area contributed by atoms with Gasteiger partial charge >= 0.3 is 6.61 Å². The normalized spacial score (nSPS) is 12.5. The first-order valence-corrected chi connectivity index (χ1v) is 6.81. The van der Waals surface area contributed by atoms with Crippen LogP contribution in [0.15, 0.2) is 42.5 Å². The number of benzene rings is 2. The molecule has 2 nitrogen and oxygen atoms in total. The number of ether oxygens (including phenoxy) is 1. The van der Waals surface area contributed by atoms with Crippen molar-refractivity contribution in [2.75, 3.05) is 0 Å². The number of halogens is 3. The minimum absolute atomic E-state index is 0.0246. The van der Waals surface area contributed by atoms with Crippen LogP contribution in [0.5, 0.6) is 5.75 Å². The third-order valence-corrected chi connectivity index (χ3v) is 3.44. The Labute approximate surface area is 126 Å². The maximum Gasteiger partial charge on any atom is 0.387 e. The molecule has 0 aliphatic heterocycles. The van der Waals surface area contributed by atoms with Crippen molar-refractivity contribution in [3.05, 3.63) is 64.2 Å². The number of hydrogen-bond donors (Lipinski definition) is 1. The molecule has 0 bridgehead atoms. The third-order valence-electron chi connectivity index (χ3n) is 3.09. The summed E-state index contributed by atoms with van der Waals surface area (Å²) >= 11 is 6.13. The van der Waals surface area contributed by atoms with Crippen molar-refractivity contribution in [1.82, 2.24) is 0 Å². The zero-order chi connectivity index (χ0) is 15.4. The lowest BCUT2D eigenvalue weighted by atomic mass is 10.0. The summed E-state index contributed by atoms with van der Waals surface area (Å²) in [5.74, 6) is 0.0246. The van der Waals surface area contributed by atoms with Crippen LogP contribution < -0.4 is 4.74 Å². The van der Waals surface area contributed by atoms with Crippen LogP contribution in [0.4, 0.5) is 8.78 Å². The fraction of sp³-hybridized carbons (Fsp3) is 0.250. The summed E-state index contributed by atoms with van der Waals surface area (Å²) in [6.07, 6.45) is -0.538. The lowest BCUT2D eigenvalue weighted by Crippen LogP contribution is -2.05. The lowest BCUT2D eigenvalue weighted by Gasteiger charge is -2.14. The maximum atomic E-state index is 12.2. The van der Waals surface area contributed by atoms with Gasteiger partial charge in [0.05, 0.1) is 6.10 Å². The highest BCUT2D eigenvalue weighted by molar-refractivity contribution is 6.31. The Balaban J connectivity index is 2.14. The maximum absolute atomic E-state index is 12.2. The number of aryl methyl sites for hydroxylation is 1. The van der Waals surface area contributed by atoms with E-state index in [4.69, 9.17) is 11.6 Å². The van der Waals surface area contributed by atoms with Crippen LogP contribution in [0.3, 0.4) is 0 Å². The summed E-state index contributed by atoms with van der Waals surface area (Å²) < 4.78 is 28.7. The van der Waals surface area contributed by atoms with Gasteiger partial charge in [-0.05, 0) is 41.8 Å². The second kappa shape index (κ2) is 6.87. The lowest BCUT2D eigenvalue weighted by molar-refractivity contribution is -0.0499. The smallest absolute Gasteiger partial charge is 0.387 e. The van der Waals surface area contributed by atoms with Crippen molar-refractivity contribution in [2.45, 2.75) is 26.1 Å². The molecule has 1 N–H and O–H groups in total. The van der Waals surface area contributed by atoms with E-state index in [1.54, 1.807) is 12.1 Å². The van der Waals surface area contributed by atoms with Gasteiger partial charge in [0.15, 0.2) is 0 Å². The molecule has 2 rings (SSSR count). The van der Waals surface area contributed by atoms with E-state index < -0.39 is 12.7 Å². The topological polar surface area (TPSA) is 29.5 Å². The molecule has 21 heavy (non-hydrogen) atoms. The Morgan fingerprint density at radius 2 is 1.95 bits per heavy atom. The van der Waals surface area contributed by atoms with Gasteiger partial charge in [0.1, 0.15) is 5.75 Å². The van der Waals surface area contributed by atoms with Crippen LogP contribution in [0.1, 0.15) is 22.8 Å². The molecule has 0 amide bonds. The minimum Gasteiger partial charge on any atom is -0.435 e. The van der Waals surface area contributed by atoms with Gasteiger partial charge in [0.25, 0.3) is 0 Å². The summed E-state index contributed by atoms with van der Waals surface area (Å²) in [7, 11) is 0. The number of aliphatic hydroxyl groups is 1. The van der Waals surface area contributed by atoms with Crippen LogP contribution in [-0.4, -0.2) is 11.7 Å². The fourth-order valence-electron chi connectivity index (χ4n) is 2.04. The van der Waals surface area contributed by atoms with Gasteiger partial charge in [-0.2, -0.15) is 8.78 Å². The van der Waals surface area contributed by atoms with Gasteiger partial charge in [-0.3, -0.25) is 0 Å². The Morgan fingerprint density at radius 3 is 2.62 bits per heavy atom. The molecule has 112 valence electrons. The van der Waals surface area contributed by atoms with Crippen LogP contribution in [0.2, 0.25) is 5.02 Å². The molecule has 5 heteroatoms. The molecular formula is C16H15ClF2O2. The molecule has 0 aliphatic carbocycles. The first kappa shape index (κ1) is 15.7. The Kier molecular flexibility index (Phi) is 5.15.